The molecule has 1 N–H and O–H groups in total. The first-order chi connectivity index (χ1) is 11.0. The second-order valence-corrected chi connectivity index (χ2v) is 6.58. The highest BCUT2D eigenvalue weighted by molar-refractivity contribution is 5.50. The Hall–Kier alpha value is -2.37. The third-order valence-electron chi connectivity index (χ3n) is 4.08. The molecule has 0 radical (unpaired) electrons. The average Bonchev–Trinajstić information content (AvgIpc) is 3.12. The second kappa shape index (κ2) is 6.02. The lowest BCUT2D eigenvalue weighted by molar-refractivity contribution is 0.505. The van der Waals surface area contributed by atoms with Crippen molar-refractivity contribution in [1.82, 2.24) is 24.1 Å². The Bertz CT molecular complexity index is 798. The molecule has 0 aromatic carbocycles. The molecule has 0 amide bonds. The van der Waals surface area contributed by atoms with Gasteiger partial charge in [-0.2, -0.15) is 9.61 Å². The molecule has 122 valence electrons. The van der Waals surface area contributed by atoms with Crippen LogP contribution in [0.1, 0.15) is 51.2 Å². The van der Waals surface area contributed by atoms with Crippen LogP contribution in [0.15, 0.2) is 30.7 Å². The van der Waals surface area contributed by atoms with Crippen LogP contribution in [0.25, 0.3) is 5.65 Å². The lowest BCUT2D eigenvalue weighted by atomic mass is 10.0. The number of aryl methyl sites for hydroxylation is 1. The summed E-state index contributed by atoms with van der Waals surface area (Å²) in [5.74, 6) is 2.71. The van der Waals surface area contributed by atoms with Crippen molar-refractivity contribution >= 4 is 11.5 Å². The first kappa shape index (κ1) is 15.5. The molecule has 3 rings (SSSR count). The number of aromatic nitrogens is 5. The van der Waals surface area contributed by atoms with Crippen LogP contribution in [-0.2, 0) is 7.05 Å². The van der Waals surface area contributed by atoms with Gasteiger partial charge in [-0.15, -0.1) is 0 Å². The van der Waals surface area contributed by atoms with Crippen molar-refractivity contribution in [1.29, 1.82) is 0 Å². The SMILES string of the molecule is CC(C)c1cc(N[C@H](c2nccn2C)C(C)C)n2nccc2n1. The molecule has 0 spiro atoms. The van der Waals surface area contributed by atoms with Gasteiger partial charge in [0.1, 0.15) is 11.6 Å². The Labute approximate surface area is 136 Å². The molecule has 23 heavy (non-hydrogen) atoms. The van der Waals surface area contributed by atoms with Crippen LogP contribution in [0.2, 0.25) is 0 Å². The Morgan fingerprint density at radius 1 is 1.13 bits per heavy atom. The summed E-state index contributed by atoms with van der Waals surface area (Å²) >= 11 is 0. The van der Waals surface area contributed by atoms with Crippen molar-refractivity contribution in [3.05, 3.63) is 42.2 Å². The summed E-state index contributed by atoms with van der Waals surface area (Å²) in [5, 5.41) is 8.02. The molecule has 0 aliphatic rings. The Morgan fingerprint density at radius 2 is 1.91 bits per heavy atom. The normalized spacial score (nSPS) is 13.2. The molecule has 0 unspecified atom stereocenters. The minimum absolute atomic E-state index is 0.102. The topological polar surface area (TPSA) is 60.0 Å². The summed E-state index contributed by atoms with van der Waals surface area (Å²) < 4.78 is 3.91. The summed E-state index contributed by atoms with van der Waals surface area (Å²) in [7, 11) is 2.02. The monoisotopic (exact) mass is 312 g/mol. The fourth-order valence-electron chi connectivity index (χ4n) is 2.70. The van der Waals surface area contributed by atoms with E-state index in [0.717, 1.165) is 23.0 Å². The van der Waals surface area contributed by atoms with Gasteiger partial charge in [0.25, 0.3) is 0 Å². The van der Waals surface area contributed by atoms with Gasteiger partial charge in [0.15, 0.2) is 5.65 Å². The smallest absolute Gasteiger partial charge is 0.157 e. The standard InChI is InChI=1S/C17H24N6/c1-11(2)13-10-15(23-14(20-13)6-7-19-23)21-16(12(3)4)17-18-8-9-22(17)5/h6-12,16,21H,1-5H3/t16-/m0/s1. The number of nitrogens with one attached hydrogen (secondary N) is 1. The second-order valence-electron chi connectivity index (χ2n) is 6.58. The summed E-state index contributed by atoms with van der Waals surface area (Å²) in [6.07, 6.45) is 5.59. The van der Waals surface area contributed by atoms with Gasteiger partial charge in [-0.1, -0.05) is 27.7 Å². The van der Waals surface area contributed by atoms with Crippen LogP contribution in [0.4, 0.5) is 5.82 Å². The molecule has 1 atom stereocenters. The molecule has 3 aromatic heterocycles. The van der Waals surface area contributed by atoms with Crippen molar-refractivity contribution in [3.8, 4) is 0 Å². The van der Waals surface area contributed by atoms with Crippen molar-refractivity contribution in [2.75, 3.05) is 5.32 Å². The maximum atomic E-state index is 4.67. The van der Waals surface area contributed by atoms with Crippen molar-refractivity contribution in [2.45, 2.75) is 39.7 Å². The summed E-state index contributed by atoms with van der Waals surface area (Å²) in [6.45, 7) is 8.68. The zero-order chi connectivity index (χ0) is 16.6. The van der Waals surface area contributed by atoms with E-state index in [9.17, 15) is 0 Å². The van der Waals surface area contributed by atoms with Gasteiger partial charge in [0.2, 0.25) is 0 Å². The Kier molecular flexibility index (Phi) is 4.07. The first-order valence-corrected chi connectivity index (χ1v) is 8.05. The van der Waals surface area contributed by atoms with Crippen molar-refractivity contribution < 1.29 is 0 Å². The zero-order valence-electron chi connectivity index (χ0n) is 14.4. The molecule has 3 aromatic rings. The third kappa shape index (κ3) is 2.93. The van der Waals surface area contributed by atoms with Crippen molar-refractivity contribution in [3.63, 3.8) is 0 Å². The summed E-state index contributed by atoms with van der Waals surface area (Å²) in [4.78, 5) is 9.18. The molecule has 0 saturated carbocycles. The lowest BCUT2D eigenvalue weighted by Gasteiger charge is -2.24. The third-order valence-corrected chi connectivity index (χ3v) is 4.08. The summed E-state index contributed by atoms with van der Waals surface area (Å²) in [6, 6.07) is 4.12. The fraction of sp³-hybridized carbons (Fsp3) is 0.471. The maximum absolute atomic E-state index is 4.67. The molecule has 6 nitrogen and oxygen atoms in total. The molecular weight excluding hydrogens is 288 g/mol. The molecule has 0 aliphatic carbocycles. The van der Waals surface area contributed by atoms with Crippen LogP contribution >= 0.6 is 0 Å². The molecule has 0 aliphatic heterocycles. The van der Waals surface area contributed by atoms with E-state index in [4.69, 9.17) is 0 Å². The fourth-order valence-corrected chi connectivity index (χ4v) is 2.70. The van der Waals surface area contributed by atoms with Gasteiger partial charge in [0, 0.05) is 37.3 Å². The number of fused-ring (bicyclic) bond motifs is 1. The van der Waals surface area contributed by atoms with E-state index in [2.05, 4.69) is 58.7 Å². The minimum Gasteiger partial charge on any atom is -0.360 e. The van der Waals surface area contributed by atoms with Gasteiger partial charge in [-0.25, -0.2) is 9.97 Å². The molecule has 0 saturated heterocycles. The van der Waals surface area contributed by atoms with Gasteiger partial charge in [0.05, 0.1) is 12.2 Å². The van der Waals surface area contributed by atoms with Gasteiger partial charge in [-0.05, 0) is 11.8 Å². The summed E-state index contributed by atoms with van der Waals surface area (Å²) in [5.41, 5.74) is 1.92. The van der Waals surface area contributed by atoms with E-state index in [1.807, 2.05) is 30.0 Å². The Balaban J connectivity index is 2.05. The minimum atomic E-state index is 0.102. The highest BCUT2D eigenvalue weighted by Crippen LogP contribution is 2.27. The average molecular weight is 312 g/mol. The van der Waals surface area contributed by atoms with E-state index < -0.39 is 0 Å². The molecule has 0 bridgehead atoms. The van der Waals surface area contributed by atoms with E-state index in [1.54, 1.807) is 6.20 Å². The van der Waals surface area contributed by atoms with Gasteiger partial charge < -0.3 is 9.88 Å². The molecule has 6 heteroatoms. The van der Waals surface area contributed by atoms with Crippen molar-refractivity contribution in [2.24, 2.45) is 13.0 Å². The number of anilines is 1. The highest BCUT2D eigenvalue weighted by Gasteiger charge is 2.21. The molecule has 3 heterocycles. The number of nitrogens with zero attached hydrogens (tertiary/aromatic N) is 5. The predicted octanol–water partition coefficient (Wildman–Crippen LogP) is 3.40. The number of imidazole rings is 1. The van der Waals surface area contributed by atoms with Gasteiger partial charge in [-0.3, -0.25) is 0 Å². The van der Waals surface area contributed by atoms with Gasteiger partial charge >= 0.3 is 0 Å². The zero-order valence-corrected chi connectivity index (χ0v) is 14.4. The number of rotatable bonds is 5. The van der Waals surface area contributed by atoms with E-state index in [-0.39, 0.29) is 6.04 Å². The van der Waals surface area contributed by atoms with Crippen LogP contribution < -0.4 is 5.32 Å². The quantitative estimate of drug-likeness (QED) is 0.784. The maximum Gasteiger partial charge on any atom is 0.157 e. The van der Waals surface area contributed by atoms with Crippen LogP contribution in [0, 0.1) is 5.92 Å². The molecular formula is C17H24N6. The largest absolute Gasteiger partial charge is 0.360 e. The number of hydrogen-bond donors (Lipinski definition) is 1. The van der Waals surface area contributed by atoms with E-state index >= 15 is 0 Å². The Morgan fingerprint density at radius 3 is 2.52 bits per heavy atom. The lowest BCUT2D eigenvalue weighted by Crippen LogP contribution is -2.22. The van der Waals surface area contributed by atoms with Crippen LogP contribution in [0.3, 0.4) is 0 Å². The van der Waals surface area contributed by atoms with Crippen LogP contribution in [-0.4, -0.2) is 24.1 Å². The molecule has 0 fully saturated rings. The van der Waals surface area contributed by atoms with Crippen LogP contribution in [0.5, 0.6) is 0 Å². The first-order valence-electron chi connectivity index (χ1n) is 8.05. The highest BCUT2D eigenvalue weighted by atomic mass is 15.3. The number of hydrogen-bond acceptors (Lipinski definition) is 4. The predicted molar refractivity (Wildman–Crippen MR) is 91.5 cm³/mol. The van der Waals surface area contributed by atoms with E-state index in [1.165, 1.54) is 0 Å². The van der Waals surface area contributed by atoms with E-state index in [0.29, 0.717) is 11.8 Å².